The minimum Gasteiger partial charge on any atom is -0.480 e. The van der Waals surface area contributed by atoms with Crippen molar-refractivity contribution in [3.63, 3.8) is 0 Å². The molecule has 0 spiro atoms. The lowest BCUT2D eigenvalue weighted by Gasteiger charge is -2.36. The second-order valence-electron chi connectivity index (χ2n) is 8.77. The topological polar surface area (TPSA) is 105 Å². The van der Waals surface area contributed by atoms with E-state index in [1.807, 2.05) is 36.4 Å². The van der Waals surface area contributed by atoms with Gasteiger partial charge < -0.3 is 24.8 Å². The van der Waals surface area contributed by atoms with Crippen LogP contribution in [-0.4, -0.2) is 66.4 Å². The number of hydrogen-bond acceptors (Lipinski definition) is 5. The van der Waals surface area contributed by atoms with E-state index in [1.54, 1.807) is 6.92 Å². The van der Waals surface area contributed by atoms with Crippen LogP contribution in [0.4, 0.5) is 4.79 Å². The van der Waals surface area contributed by atoms with E-state index in [9.17, 15) is 19.5 Å². The summed E-state index contributed by atoms with van der Waals surface area (Å²) >= 11 is 0. The van der Waals surface area contributed by atoms with Crippen LogP contribution in [0.1, 0.15) is 43.2 Å². The predicted octanol–water partition coefficient (Wildman–Crippen LogP) is 3.39. The third kappa shape index (κ3) is 4.63. The Morgan fingerprint density at radius 3 is 2.26 bits per heavy atom. The van der Waals surface area contributed by atoms with E-state index < -0.39 is 36.2 Å². The van der Waals surface area contributed by atoms with Crippen LogP contribution >= 0.6 is 0 Å². The molecule has 1 saturated heterocycles. The molecular formula is C26H30N2O6. The number of carbonyl (C=O) groups excluding carboxylic acids is 2. The summed E-state index contributed by atoms with van der Waals surface area (Å²) in [5, 5.41) is 12.2. The molecule has 2 aromatic rings. The van der Waals surface area contributed by atoms with Crippen LogP contribution in [0.5, 0.6) is 0 Å². The van der Waals surface area contributed by atoms with Gasteiger partial charge >= 0.3 is 12.1 Å². The molecule has 8 nitrogen and oxygen atoms in total. The molecule has 1 heterocycles. The highest BCUT2D eigenvalue weighted by atomic mass is 16.5. The van der Waals surface area contributed by atoms with E-state index in [2.05, 4.69) is 17.4 Å². The van der Waals surface area contributed by atoms with Crippen LogP contribution in [0.2, 0.25) is 0 Å². The smallest absolute Gasteiger partial charge is 0.407 e. The summed E-state index contributed by atoms with van der Waals surface area (Å²) in [6, 6.07) is 14.1. The molecule has 1 fully saturated rings. The van der Waals surface area contributed by atoms with Gasteiger partial charge in [0.05, 0.1) is 6.10 Å². The van der Waals surface area contributed by atoms with Gasteiger partial charge in [-0.15, -0.1) is 0 Å². The Kier molecular flexibility index (Phi) is 7.17. The molecule has 0 saturated carbocycles. The number of benzene rings is 2. The molecule has 2 unspecified atom stereocenters. The normalized spacial score (nSPS) is 19.0. The zero-order chi connectivity index (χ0) is 24.2. The number of fused-ring (bicyclic) bond motifs is 3. The molecule has 2 aromatic carbocycles. The van der Waals surface area contributed by atoms with Gasteiger partial charge in [-0.25, -0.2) is 9.59 Å². The summed E-state index contributed by atoms with van der Waals surface area (Å²) in [4.78, 5) is 39.0. The lowest BCUT2D eigenvalue weighted by molar-refractivity contribution is -0.154. The number of carboxylic acid groups (broad SMARTS) is 1. The van der Waals surface area contributed by atoms with Crippen molar-refractivity contribution in [2.75, 3.05) is 20.3 Å². The highest BCUT2D eigenvalue weighted by Gasteiger charge is 2.39. The standard InChI is InChI=1S/C26H30N2O6/c1-16(33-2)23(24(29)28-14-8-7-13-22(28)25(30)31)27-26(32)34-15-21-19-11-5-3-9-17(19)18-10-4-6-12-20(18)21/h3-6,9-12,16,21-23H,7-8,13-15H2,1-2H3,(H,27,32)(H,30,31)/t16?,22-,23?/m1/s1. The number of amides is 2. The summed E-state index contributed by atoms with van der Waals surface area (Å²) in [5.74, 6) is -1.63. The van der Waals surface area contributed by atoms with E-state index in [4.69, 9.17) is 9.47 Å². The van der Waals surface area contributed by atoms with Crippen LogP contribution < -0.4 is 5.32 Å². The zero-order valence-electron chi connectivity index (χ0n) is 19.4. The molecular weight excluding hydrogens is 436 g/mol. The average Bonchev–Trinajstić information content (AvgIpc) is 3.18. The van der Waals surface area contributed by atoms with Crippen LogP contribution in [-0.2, 0) is 19.1 Å². The third-order valence-corrected chi connectivity index (χ3v) is 6.80. The fourth-order valence-electron chi connectivity index (χ4n) is 4.91. The van der Waals surface area contributed by atoms with Crippen molar-refractivity contribution in [1.82, 2.24) is 10.2 Å². The van der Waals surface area contributed by atoms with E-state index in [1.165, 1.54) is 12.0 Å². The van der Waals surface area contributed by atoms with Gasteiger partial charge in [-0.1, -0.05) is 48.5 Å². The largest absolute Gasteiger partial charge is 0.480 e. The monoisotopic (exact) mass is 466 g/mol. The number of ether oxygens (including phenoxy) is 2. The number of rotatable bonds is 7. The summed E-state index contributed by atoms with van der Waals surface area (Å²) in [5.41, 5.74) is 4.43. The Morgan fingerprint density at radius 2 is 1.68 bits per heavy atom. The predicted molar refractivity (Wildman–Crippen MR) is 125 cm³/mol. The lowest BCUT2D eigenvalue weighted by atomic mass is 9.98. The van der Waals surface area contributed by atoms with Gasteiger partial charge in [-0.05, 0) is 48.4 Å². The van der Waals surface area contributed by atoms with Crippen molar-refractivity contribution in [3.05, 3.63) is 59.7 Å². The molecule has 0 bridgehead atoms. The summed E-state index contributed by atoms with van der Waals surface area (Å²) in [6.07, 6.45) is 0.442. The maximum Gasteiger partial charge on any atom is 0.407 e. The van der Waals surface area contributed by atoms with Gasteiger partial charge in [0.2, 0.25) is 5.91 Å². The number of piperidine rings is 1. The quantitative estimate of drug-likeness (QED) is 0.648. The Labute approximate surface area is 198 Å². The van der Waals surface area contributed by atoms with Crippen molar-refractivity contribution < 1.29 is 29.0 Å². The number of methoxy groups -OCH3 is 1. The first-order chi connectivity index (χ1) is 16.4. The number of aliphatic carboxylic acids is 1. The summed E-state index contributed by atoms with van der Waals surface area (Å²) in [7, 11) is 1.44. The number of carboxylic acids is 1. The molecule has 34 heavy (non-hydrogen) atoms. The minimum absolute atomic E-state index is 0.106. The van der Waals surface area contributed by atoms with Crippen molar-refractivity contribution in [2.45, 2.75) is 50.3 Å². The molecule has 2 amide bonds. The molecule has 180 valence electrons. The van der Waals surface area contributed by atoms with Gasteiger partial charge in [0.1, 0.15) is 18.7 Å². The van der Waals surface area contributed by atoms with Gasteiger partial charge in [0.25, 0.3) is 0 Å². The highest BCUT2D eigenvalue weighted by molar-refractivity contribution is 5.90. The van der Waals surface area contributed by atoms with E-state index >= 15 is 0 Å². The first kappa shape index (κ1) is 23.8. The second-order valence-corrected chi connectivity index (χ2v) is 8.77. The summed E-state index contributed by atoms with van der Waals surface area (Å²) < 4.78 is 10.9. The van der Waals surface area contributed by atoms with Gasteiger partial charge in [-0.2, -0.15) is 0 Å². The first-order valence-electron chi connectivity index (χ1n) is 11.6. The Hall–Kier alpha value is -3.39. The maximum absolute atomic E-state index is 13.2. The Balaban J connectivity index is 1.46. The molecule has 2 N–H and O–H groups in total. The van der Waals surface area contributed by atoms with Gasteiger partial charge in [0, 0.05) is 19.6 Å². The van der Waals surface area contributed by atoms with Gasteiger partial charge in [0.15, 0.2) is 0 Å². The lowest BCUT2D eigenvalue weighted by Crippen LogP contribution is -2.59. The van der Waals surface area contributed by atoms with Crippen molar-refractivity contribution in [1.29, 1.82) is 0 Å². The third-order valence-electron chi connectivity index (χ3n) is 6.80. The Bertz CT molecular complexity index is 1030. The van der Waals surface area contributed by atoms with Crippen LogP contribution in [0.15, 0.2) is 48.5 Å². The Morgan fingerprint density at radius 1 is 1.06 bits per heavy atom. The fraction of sp³-hybridized carbons (Fsp3) is 0.423. The molecule has 3 atom stereocenters. The highest BCUT2D eigenvalue weighted by Crippen LogP contribution is 2.44. The number of nitrogens with one attached hydrogen (secondary N) is 1. The number of likely N-dealkylation sites (tertiary alicyclic amines) is 1. The van der Waals surface area contributed by atoms with Crippen molar-refractivity contribution in [3.8, 4) is 11.1 Å². The van der Waals surface area contributed by atoms with Crippen LogP contribution in [0.25, 0.3) is 11.1 Å². The van der Waals surface area contributed by atoms with E-state index in [0.717, 1.165) is 28.7 Å². The number of alkyl carbamates (subject to hydrolysis) is 1. The number of carbonyl (C=O) groups is 3. The van der Waals surface area contributed by atoms with Crippen molar-refractivity contribution >= 4 is 18.0 Å². The summed E-state index contributed by atoms with van der Waals surface area (Å²) in [6.45, 7) is 2.10. The number of hydrogen-bond donors (Lipinski definition) is 2. The zero-order valence-corrected chi connectivity index (χ0v) is 19.4. The molecule has 2 aliphatic rings. The average molecular weight is 467 g/mol. The van der Waals surface area contributed by atoms with Crippen LogP contribution in [0.3, 0.4) is 0 Å². The molecule has 1 aliphatic carbocycles. The molecule has 1 aliphatic heterocycles. The SMILES string of the molecule is COC(C)C(NC(=O)OCC1c2ccccc2-c2ccccc21)C(=O)N1CCCC[C@@H]1C(=O)O. The fourth-order valence-corrected chi connectivity index (χ4v) is 4.91. The minimum atomic E-state index is -1.05. The molecule has 8 heteroatoms. The van der Waals surface area contributed by atoms with Gasteiger partial charge in [-0.3, -0.25) is 4.79 Å². The van der Waals surface area contributed by atoms with E-state index in [-0.39, 0.29) is 12.5 Å². The molecule has 4 rings (SSSR count). The first-order valence-corrected chi connectivity index (χ1v) is 11.6. The molecule has 0 radical (unpaired) electrons. The van der Waals surface area contributed by atoms with E-state index in [0.29, 0.717) is 19.4 Å². The maximum atomic E-state index is 13.2. The number of nitrogens with zero attached hydrogens (tertiary/aromatic N) is 1. The molecule has 0 aromatic heterocycles. The van der Waals surface area contributed by atoms with Crippen molar-refractivity contribution in [2.24, 2.45) is 0 Å². The van der Waals surface area contributed by atoms with Crippen LogP contribution in [0, 0.1) is 0 Å². The second kappa shape index (κ2) is 10.3.